The number of hydrogen-bond donors (Lipinski definition) is 2. The fraction of sp³-hybridized carbons (Fsp3) is 0.500. The van der Waals surface area contributed by atoms with Crippen molar-refractivity contribution in [2.45, 2.75) is 37.5 Å². The number of aliphatic carboxylic acids is 1. The number of aromatic hydroxyl groups is 1. The molecule has 1 saturated carbocycles. The number of ether oxygens (including phenoxy) is 1. The molecule has 0 heterocycles. The van der Waals surface area contributed by atoms with E-state index in [4.69, 9.17) is 4.74 Å². The molecule has 1 aromatic carbocycles. The van der Waals surface area contributed by atoms with Gasteiger partial charge in [0.2, 0.25) is 0 Å². The molecular formula is C14H17BrO4. The van der Waals surface area contributed by atoms with Crippen molar-refractivity contribution in [3.8, 4) is 11.5 Å². The van der Waals surface area contributed by atoms with Crippen molar-refractivity contribution in [2.75, 3.05) is 7.11 Å². The Balaban J connectivity index is 2.56. The third-order valence-electron chi connectivity index (χ3n) is 3.90. The summed E-state index contributed by atoms with van der Waals surface area (Å²) in [5.41, 5.74) is -0.532. The molecule has 1 fully saturated rings. The lowest BCUT2D eigenvalue weighted by atomic mass is 9.69. The molecule has 4 nitrogen and oxygen atoms in total. The van der Waals surface area contributed by atoms with E-state index in [-0.39, 0.29) is 5.75 Å². The van der Waals surface area contributed by atoms with E-state index in [0.717, 1.165) is 19.3 Å². The maximum absolute atomic E-state index is 11.7. The highest BCUT2D eigenvalue weighted by atomic mass is 79.9. The van der Waals surface area contributed by atoms with Crippen molar-refractivity contribution in [3.63, 3.8) is 0 Å². The van der Waals surface area contributed by atoms with Crippen LogP contribution in [0.4, 0.5) is 0 Å². The van der Waals surface area contributed by atoms with E-state index in [9.17, 15) is 15.0 Å². The molecule has 1 aromatic rings. The molecule has 0 aliphatic heterocycles. The largest absolute Gasteiger partial charge is 0.508 e. The van der Waals surface area contributed by atoms with Crippen LogP contribution in [0.25, 0.3) is 0 Å². The van der Waals surface area contributed by atoms with E-state index in [0.29, 0.717) is 28.6 Å². The fourth-order valence-corrected chi connectivity index (χ4v) is 3.33. The Morgan fingerprint density at radius 2 is 1.95 bits per heavy atom. The number of hydrogen-bond acceptors (Lipinski definition) is 3. The first kappa shape index (κ1) is 14.2. The number of rotatable bonds is 3. The van der Waals surface area contributed by atoms with E-state index in [1.54, 1.807) is 6.07 Å². The van der Waals surface area contributed by atoms with Gasteiger partial charge in [-0.1, -0.05) is 19.3 Å². The van der Waals surface area contributed by atoms with Crippen molar-refractivity contribution in [2.24, 2.45) is 0 Å². The standard InChI is InChI=1S/C14H17BrO4/c1-19-12-7-9(11(16)8-10(12)15)14(13(17)18)5-3-2-4-6-14/h7-8,16H,2-6H2,1H3,(H,17,18). The van der Waals surface area contributed by atoms with Crippen LogP contribution in [0.2, 0.25) is 0 Å². The summed E-state index contributed by atoms with van der Waals surface area (Å²) >= 11 is 3.29. The second kappa shape index (κ2) is 5.41. The van der Waals surface area contributed by atoms with Gasteiger partial charge in [-0.05, 0) is 40.9 Å². The van der Waals surface area contributed by atoms with Crippen molar-refractivity contribution in [1.82, 2.24) is 0 Å². The van der Waals surface area contributed by atoms with Crippen LogP contribution < -0.4 is 4.74 Å². The number of phenolic OH excluding ortho intramolecular Hbond substituents is 1. The van der Waals surface area contributed by atoms with E-state index in [1.807, 2.05) is 0 Å². The zero-order chi connectivity index (χ0) is 14.0. The maximum atomic E-state index is 11.7. The van der Waals surface area contributed by atoms with Crippen molar-refractivity contribution < 1.29 is 19.7 Å². The van der Waals surface area contributed by atoms with Gasteiger partial charge in [0.15, 0.2) is 0 Å². The average Bonchev–Trinajstić information content (AvgIpc) is 2.39. The number of carboxylic acids is 1. The van der Waals surface area contributed by atoms with Crippen molar-refractivity contribution in [1.29, 1.82) is 0 Å². The van der Waals surface area contributed by atoms with Crippen molar-refractivity contribution >= 4 is 21.9 Å². The molecule has 1 aliphatic carbocycles. The maximum Gasteiger partial charge on any atom is 0.314 e. The summed E-state index contributed by atoms with van der Waals surface area (Å²) in [6.07, 6.45) is 3.89. The second-order valence-electron chi connectivity index (χ2n) is 4.95. The van der Waals surface area contributed by atoms with Crippen LogP contribution in [0.1, 0.15) is 37.7 Å². The highest BCUT2D eigenvalue weighted by molar-refractivity contribution is 9.10. The predicted octanol–water partition coefficient (Wildman–Crippen LogP) is 3.45. The van der Waals surface area contributed by atoms with E-state index in [2.05, 4.69) is 15.9 Å². The number of phenols is 1. The molecule has 0 aromatic heterocycles. The zero-order valence-electron chi connectivity index (χ0n) is 10.8. The van der Waals surface area contributed by atoms with Crippen LogP contribution in [0.3, 0.4) is 0 Å². The van der Waals surface area contributed by atoms with Gasteiger partial charge in [-0.3, -0.25) is 4.79 Å². The molecule has 0 amide bonds. The number of benzene rings is 1. The summed E-state index contributed by atoms with van der Waals surface area (Å²) in [6, 6.07) is 3.15. The molecule has 1 aliphatic rings. The zero-order valence-corrected chi connectivity index (χ0v) is 12.4. The number of carbonyl (C=O) groups is 1. The molecule has 19 heavy (non-hydrogen) atoms. The Hall–Kier alpha value is -1.23. The lowest BCUT2D eigenvalue weighted by Crippen LogP contribution is -2.37. The van der Waals surface area contributed by atoms with E-state index < -0.39 is 11.4 Å². The summed E-state index contributed by atoms with van der Waals surface area (Å²) in [6.45, 7) is 0. The molecule has 0 atom stereocenters. The molecule has 0 unspecified atom stereocenters. The van der Waals surface area contributed by atoms with E-state index >= 15 is 0 Å². The summed E-state index contributed by atoms with van der Waals surface area (Å²) < 4.78 is 5.82. The van der Waals surface area contributed by atoms with Crippen LogP contribution in [0.5, 0.6) is 11.5 Å². The summed E-state index contributed by atoms with van der Waals surface area (Å²) in [5.74, 6) is -0.317. The minimum absolute atomic E-state index is 0.0111. The predicted molar refractivity (Wildman–Crippen MR) is 74.8 cm³/mol. The molecule has 104 valence electrons. The topological polar surface area (TPSA) is 66.8 Å². The third kappa shape index (κ3) is 2.43. The average molecular weight is 329 g/mol. The molecule has 0 spiro atoms. The first-order chi connectivity index (χ1) is 9.01. The van der Waals surface area contributed by atoms with Crippen LogP contribution >= 0.6 is 15.9 Å². The van der Waals surface area contributed by atoms with Gasteiger partial charge in [-0.2, -0.15) is 0 Å². The molecular weight excluding hydrogens is 312 g/mol. The Kier molecular flexibility index (Phi) is 4.04. The van der Waals surface area contributed by atoms with Gasteiger partial charge in [0.1, 0.15) is 11.5 Å². The van der Waals surface area contributed by atoms with Crippen molar-refractivity contribution in [3.05, 3.63) is 22.2 Å². The Morgan fingerprint density at radius 3 is 2.47 bits per heavy atom. The van der Waals surface area contributed by atoms with Gasteiger partial charge in [-0.25, -0.2) is 0 Å². The number of methoxy groups -OCH3 is 1. The van der Waals surface area contributed by atoms with Crippen LogP contribution in [0, 0.1) is 0 Å². The number of carboxylic acid groups (broad SMARTS) is 1. The number of halogens is 1. The molecule has 0 radical (unpaired) electrons. The Labute approximate surface area is 120 Å². The second-order valence-corrected chi connectivity index (χ2v) is 5.81. The monoisotopic (exact) mass is 328 g/mol. The van der Waals surface area contributed by atoms with Gasteiger partial charge >= 0.3 is 5.97 Å². The van der Waals surface area contributed by atoms with Gasteiger partial charge in [0, 0.05) is 5.56 Å². The summed E-state index contributed by atoms with van der Waals surface area (Å²) in [5, 5.41) is 19.8. The van der Waals surface area contributed by atoms with Gasteiger partial charge in [0.05, 0.1) is 17.0 Å². The quantitative estimate of drug-likeness (QED) is 0.891. The highest BCUT2D eigenvalue weighted by Gasteiger charge is 2.43. The highest BCUT2D eigenvalue weighted by Crippen LogP contribution is 2.46. The first-order valence-corrected chi connectivity index (χ1v) is 7.11. The van der Waals surface area contributed by atoms with Crippen LogP contribution in [0.15, 0.2) is 16.6 Å². The first-order valence-electron chi connectivity index (χ1n) is 6.31. The molecule has 5 heteroatoms. The minimum Gasteiger partial charge on any atom is -0.508 e. The molecule has 2 rings (SSSR count). The van der Waals surface area contributed by atoms with Gasteiger partial charge in [0.25, 0.3) is 0 Å². The molecule has 0 bridgehead atoms. The Bertz CT molecular complexity index is 492. The van der Waals surface area contributed by atoms with Gasteiger partial charge in [-0.15, -0.1) is 0 Å². The summed E-state index contributed by atoms with van der Waals surface area (Å²) in [4.78, 5) is 11.7. The van der Waals surface area contributed by atoms with Gasteiger partial charge < -0.3 is 14.9 Å². The Morgan fingerprint density at radius 1 is 1.32 bits per heavy atom. The lowest BCUT2D eigenvalue weighted by Gasteiger charge is -2.34. The normalized spacial score (nSPS) is 18.0. The summed E-state index contributed by atoms with van der Waals surface area (Å²) in [7, 11) is 1.52. The smallest absolute Gasteiger partial charge is 0.314 e. The molecule has 2 N–H and O–H groups in total. The third-order valence-corrected chi connectivity index (χ3v) is 4.52. The molecule has 0 saturated heterocycles. The minimum atomic E-state index is -0.990. The van der Waals surface area contributed by atoms with Crippen LogP contribution in [-0.2, 0) is 10.2 Å². The SMILES string of the molecule is COc1cc(C2(C(=O)O)CCCCC2)c(O)cc1Br. The van der Waals surface area contributed by atoms with E-state index in [1.165, 1.54) is 13.2 Å². The fourth-order valence-electron chi connectivity index (χ4n) is 2.84. The van der Waals surface area contributed by atoms with Crippen LogP contribution in [-0.4, -0.2) is 23.3 Å². The lowest BCUT2D eigenvalue weighted by molar-refractivity contribution is -0.145.